The summed E-state index contributed by atoms with van der Waals surface area (Å²) in [6.07, 6.45) is 1.69. The largest absolute Gasteiger partial charge is 0.496 e. The van der Waals surface area contributed by atoms with Gasteiger partial charge in [0.05, 0.1) is 18.1 Å². The van der Waals surface area contributed by atoms with Crippen LogP contribution in [0.4, 0.5) is 11.4 Å². The number of hydrogen-bond acceptors (Lipinski definition) is 5. The smallest absolute Gasteiger partial charge is 0.326 e. The molecule has 1 aliphatic heterocycles. The molecule has 1 aromatic rings. The Morgan fingerprint density at radius 2 is 2.19 bits per heavy atom. The number of rotatable bonds is 4. The number of nitro groups is 1. The Balaban J connectivity index is 2.45. The zero-order chi connectivity index (χ0) is 15.6. The topological polar surface area (TPSA) is 92.9 Å². The number of non-ortho nitro benzene ring substituents is 1. The van der Waals surface area contributed by atoms with Crippen molar-refractivity contribution in [3.63, 3.8) is 0 Å². The molecule has 2 unspecified atom stereocenters. The van der Waals surface area contributed by atoms with Crippen LogP contribution in [0.2, 0.25) is 0 Å². The summed E-state index contributed by atoms with van der Waals surface area (Å²) in [6.45, 7) is 2.45. The van der Waals surface area contributed by atoms with E-state index in [2.05, 4.69) is 0 Å². The van der Waals surface area contributed by atoms with E-state index in [0.29, 0.717) is 18.0 Å². The van der Waals surface area contributed by atoms with Crippen molar-refractivity contribution in [2.75, 3.05) is 18.6 Å². The highest BCUT2D eigenvalue weighted by atomic mass is 16.6. The molecular formula is C14H18N2O5. The van der Waals surface area contributed by atoms with Crippen LogP contribution < -0.4 is 9.64 Å². The van der Waals surface area contributed by atoms with Crippen LogP contribution in [0.5, 0.6) is 5.75 Å². The Kier molecular flexibility index (Phi) is 4.30. The van der Waals surface area contributed by atoms with Crippen LogP contribution in [-0.4, -0.2) is 35.7 Å². The second-order valence-corrected chi connectivity index (χ2v) is 5.24. The molecule has 1 aliphatic rings. The molecule has 21 heavy (non-hydrogen) atoms. The average Bonchev–Trinajstić information content (AvgIpc) is 2.45. The monoisotopic (exact) mass is 294 g/mol. The number of anilines is 1. The number of carboxylic acids is 1. The second kappa shape index (κ2) is 5.99. The van der Waals surface area contributed by atoms with Crippen molar-refractivity contribution in [2.45, 2.75) is 25.8 Å². The molecule has 0 radical (unpaired) electrons. The molecule has 7 heteroatoms. The zero-order valence-corrected chi connectivity index (χ0v) is 12.0. The lowest BCUT2D eigenvalue weighted by Crippen LogP contribution is -2.49. The van der Waals surface area contributed by atoms with Crippen molar-refractivity contribution in [1.82, 2.24) is 0 Å². The number of hydrogen-bond donors (Lipinski definition) is 1. The fraction of sp³-hybridized carbons (Fsp3) is 0.500. The first-order valence-electron chi connectivity index (χ1n) is 6.77. The minimum Gasteiger partial charge on any atom is -0.496 e. The van der Waals surface area contributed by atoms with E-state index in [-0.39, 0.29) is 11.6 Å². The van der Waals surface area contributed by atoms with E-state index in [1.54, 1.807) is 11.0 Å². The van der Waals surface area contributed by atoms with Gasteiger partial charge in [-0.05, 0) is 18.8 Å². The van der Waals surface area contributed by atoms with Crippen molar-refractivity contribution in [3.8, 4) is 5.75 Å². The minimum absolute atomic E-state index is 0.0125. The van der Waals surface area contributed by atoms with Gasteiger partial charge in [0.25, 0.3) is 5.69 Å². The van der Waals surface area contributed by atoms with Gasteiger partial charge in [-0.25, -0.2) is 4.79 Å². The summed E-state index contributed by atoms with van der Waals surface area (Å²) in [4.78, 5) is 23.7. The van der Waals surface area contributed by atoms with Gasteiger partial charge in [0.15, 0.2) is 0 Å². The molecule has 0 aliphatic carbocycles. The molecule has 1 heterocycles. The second-order valence-electron chi connectivity index (χ2n) is 5.24. The number of nitrogens with zero attached hydrogens (tertiary/aromatic N) is 2. The van der Waals surface area contributed by atoms with Gasteiger partial charge in [0.1, 0.15) is 11.8 Å². The molecule has 2 atom stereocenters. The number of carboxylic acid groups (broad SMARTS) is 1. The van der Waals surface area contributed by atoms with Gasteiger partial charge >= 0.3 is 5.97 Å². The molecular weight excluding hydrogens is 276 g/mol. The number of piperidine rings is 1. The van der Waals surface area contributed by atoms with Crippen LogP contribution in [0.15, 0.2) is 18.2 Å². The predicted octanol–water partition coefficient (Wildman–Crippen LogP) is 2.29. The van der Waals surface area contributed by atoms with Crippen molar-refractivity contribution < 1.29 is 19.6 Å². The van der Waals surface area contributed by atoms with Crippen molar-refractivity contribution in [2.24, 2.45) is 5.92 Å². The molecule has 1 fully saturated rings. The maximum atomic E-state index is 11.5. The van der Waals surface area contributed by atoms with E-state index >= 15 is 0 Å². The third kappa shape index (κ3) is 3.07. The molecule has 0 saturated carbocycles. The van der Waals surface area contributed by atoms with Crippen LogP contribution >= 0.6 is 0 Å². The molecule has 2 rings (SSSR count). The number of carbonyl (C=O) groups is 1. The van der Waals surface area contributed by atoms with Gasteiger partial charge in [-0.3, -0.25) is 10.1 Å². The Bertz CT molecular complexity index is 560. The quantitative estimate of drug-likeness (QED) is 0.676. The highest BCUT2D eigenvalue weighted by molar-refractivity contribution is 5.79. The normalized spacial score (nSPS) is 21.9. The van der Waals surface area contributed by atoms with E-state index in [0.717, 1.165) is 12.8 Å². The molecule has 0 aromatic heterocycles. The molecule has 0 bridgehead atoms. The van der Waals surface area contributed by atoms with Crippen molar-refractivity contribution >= 4 is 17.3 Å². The van der Waals surface area contributed by atoms with Crippen molar-refractivity contribution in [1.29, 1.82) is 0 Å². The van der Waals surface area contributed by atoms with Crippen LogP contribution in [0.3, 0.4) is 0 Å². The van der Waals surface area contributed by atoms with Gasteiger partial charge in [0, 0.05) is 24.4 Å². The van der Waals surface area contributed by atoms with E-state index in [1.807, 2.05) is 6.92 Å². The lowest BCUT2D eigenvalue weighted by molar-refractivity contribution is -0.384. The lowest BCUT2D eigenvalue weighted by atomic mass is 9.90. The van der Waals surface area contributed by atoms with Gasteiger partial charge < -0.3 is 14.7 Å². The van der Waals surface area contributed by atoms with Gasteiger partial charge in [-0.15, -0.1) is 0 Å². The van der Waals surface area contributed by atoms with Gasteiger partial charge in [0.2, 0.25) is 0 Å². The summed E-state index contributed by atoms with van der Waals surface area (Å²) in [6, 6.07) is 3.69. The Hall–Kier alpha value is -2.31. The van der Waals surface area contributed by atoms with E-state index < -0.39 is 16.9 Å². The predicted molar refractivity (Wildman–Crippen MR) is 76.8 cm³/mol. The summed E-state index contributed by atoms with van der Waals surface area (Å²) >= 11 is 0. The Morgan fingerprint density at radius 3 is 2.76 bits per heavy atom. The molecule has 1 aromatic carbocycles. The SMILES string of the molecule is COc1cc(N2CCCC(C)C2C(=O)O)cc([N+](=O)[O-])c1. The molecule has 1 N–H and O–H groups in total. The first-order valence-corrected chi connectivity index (χ1v) is 6.77. The number of methoxy groups -OCH3 is 1. The summed E-state index contributed by atoms with van der Waals surface area (Å²) in [5.41, 5.74) is 0.409. The number of benzene rings is 1. The summed E-state index contributed by atoms with van der Waals surface area (Å²) < 4.78 is 5.08. The number of ether oxygens (including phenoxy) is 1. The van der Waals surface area contributed by atoms with E-state index in [4.69, 9.17) is 4.74 Å². The molecule has 7 nitrogen and oxygen atoms in total. The summed E-state index contributed by atoms with van der Waals surface area (Å²) in [7, 11) is 1.43. The number of nitro benzene ring substituents is 1. The fourth-order valence-corrected chi connectivity index (χ4v) is 2.81. The maximum Gasteiger partial charge on any atom is 0.326 e. The number of aliphatic carboxylic acids is 1. The minimum atomic E-state index is -0.910. The van der Waals surface area contributed by atoms with Crippen LogP contribution in [0.1, 0.15) is 19.8 Å². The van der Waals surface area contributed by atoms with Crippen LogP contribution in [-0.2, 0) is 4.79 Å². The molecule has 1 saturated heterocycles. The van der Waals surface area contributed by atoms with Crippen LogP contribution in [0.25, 0.3) is 0 Å². The highest BCUT2D eigenvalue weighted by Gasteiger charge is 2.35. The van der Waals surface area contributed by atoms with E-state index in [9.17, 15) is 20.0 Å². The fourth-order valence-electron chi connectivity index (χ4n) is 2.81. The molecule has 0 amide bonds. The standard InChI is InChI=1S/C14H18N2O5/c1-9-4-3-5-15(13(9)14(17)18)10-6-11(16(19)20)8-12(7-10)21-2/h6-9,13H,3-5H2,1-2H3,(H,17,18). The third-order valence-electron chi connectivity index (χ3n) is 3.84. The first-order chi connectivity index (χ1) is 9.93. The summed E-state index contributed by atoms with van der Waals surface area (Å²) in [5.74, 6) is -0.573. The molecule has 0 spiro atoms. The summed E-state index contributed by atoms with van der Waals surface area (Å²) in [5, 5.41) is 20.4. The zero-order valence-electron chi connectivity index (χ0n) is 12.0. The lowest BCUT2D eigenvalue weighted by Gasteiger charge is -2.38. The van der Waals surface area contributed by atoms with Crippen molar-refractivity contribution in [3.05, 3.63) is 28.3 Å². The van der Waals surface area contributed by atoms with Crippen LogP contribution in [0, 0.1) is 16.0 Å². The average molecular weight is 294 g/mol. The third-order valence-corrected chi connectivity index (χ3v) is 3.84. The van der Waals surface area contributed by atoms with Gasteiger partial charge in [-0.1, -0.05) is 6.92 Å². The molecule has 114 valence electrons. The Labute approximate surface area is 122 Å². The van der Waals surface area contributed by atoms with Gasteiger partial charge in [-0.2, -0.15) is 0 Å². The Morgan fingerprint density at radius 1 is 1.48 bits per heavy atom. The highest BCUT2D eigenvalue weighted by Crippen LogP contribution is 2.34. The first kappa shape index (κ1) is 15.1. The maximum absolute atomic E-state index is 11.5. The van der Waals surface area contributed by atoms with E-state index in [1.165, 1.54) is 19.2 Å².